The van der Waals surface area contributed by atoms with Crippen LogP contribution in [-0.4, -0.2) is 29.2 Å². The normalized spacial score (nSPS) is 11.2. The minimum absolute atomic E-state index is 0.398. The van der Waals surface area contributed by atoms with Gasteiger partial charge >= 0.3 is 0 Å². The summed E-state index contributed by atoms with van der Waals surface area (Å²) in [7, 11) is 0. The molecule has 6 nitrogen and oxygen atoms in total. The summed E-state index contributed by atoms with van der Waals surface area (Å²) in [5, 5.41) is 12.6. The lowest BCUT2D eigenvalue weighted by Gasteiger charge is -1.97. The molecule has 0 aromatic carbocycles. The molecule has 3 aromatic heterocycles. The van der Waals surface area contributed by atoms with Crippen molar-refractivity contribution in [2.75, 3.05) is 0 Å². The third-order valence-corrected chi connectivity index (χ3v) is 3.33. The molecule has 0 aliphatic carbocycles. The van der Waals surface area contributed by atoms with E-state index in [1.165, 1.54) is 11.5 Å². The van der Waals surface area contributed by atoms with Crippen LogP contribution < -0.4 is 0 Å². The van der Waals surface area contributed by atoms with Gasteiger partial charge in [-0.25, -0.2) is 4.98 Å². The lowest BCUT2D eigenvalue weighted by Crippen LogP contribution is -1.92. The molecule has 0 aliphatic heterocycles. The molecule has 3 aromatic rings. The number of rotatable bonds is 2. The van der Waals surface area contributed by atoms with E-state index in [0.717, 1.165) is 17.0 Å². The highest BCUT2D eigenvalue weighted by molar-refractivity contribution is 7.09. The largest absolute Gasteiger partial charge is 0.264 e. The summed E-state index contributed by atoms with van der Waals surface area (Å²) in [4.78, 5) is 4.94. The smallest absolute Gasteiger partial charge is 0.183 e. The van der Waals surface area contributed by atoms with Crippen LogP contribution in [0.1, 0.15) is 12.6 Å². The molecular weight excluding hydrogens is 260 g/mol. The third kappa shape index (κ3) is 1.67. The molecule has 0 amide bonds. The predicted molar refractivity (Wildman–Crippen MR) is 64.1 cm³/mol. The van der Waals surface area contributed by atoms with Crippen molar-refractivity contribution >= 4 is 28.8 Å². The van der Waals surface area contributed by atoms with E-state index in [-0.39, 0.29) is 0 Å². The minimum atomic E-state index is 0.398. The maximum absolute atomic E-state index is 5.80. The molecule has 0 aliphatic rings. The standard InChI is InChI=1S/C9H7ClN6S/c1-2-5-8(17-15-12-5)9-14-13-7-3-6(10)11-4-16(7)9/h3-4H,2H2,1H3. The molecule has 0 saturated carbocycles. The zero-order chi connectivity index (χ0) is 11.8. The number of aromatic nitrogens is 6. The van der Waals surface area contributed by atoms with Crippen LogP contribution >= 0.6 is 23.1 Å². The Morgan fingerprint density at radius 2 is 2.24 bits per heavy atom. The number of aryl methyl sites for hydroxylation is 1. The maximum Gasteiger partial charge on any atom is 0.183 e. The molecule has 0 spiro atoms. The Balaban J connectivity index is 2.24. The van der Waals surface area contributed by atoms with Crippen LogP contribution in [-0.2, 0) is 6.42 Å². The fourth-order valence-corrected chi connectivity index (χ4v) is 2.41. The monoisotopic (exact) mass is 266 g/mol. The van der Waals surface area contributed by atoms with E-state index in [0.29, 0.717) is 16.6 Å². The van der Waals surface area contributed by atoms with Crippen molar-refractivity contribution in [3.05, 3.63) is 23.2 Å². The number of halogens is 1. The Kier molecular flexibility index (Phi) is 2.49. The van der Waals surface area contributed by atoms with Crippen molar-refractivity contribution < 1.29 is 0 Å². The first kappa shape index (κ1) is 10.5. The van der Waals surface area contributed by atoms with Crippen LogP contribution in [0.25, 0.3) is 16.3 Å². The van der Waals surface area contributed by atoms with Crippen LogP contribution in [0.15, 0.2) is 12.4 Å². The fraction of sp³-hybridized carbons (Fsp3) is 0.222. The summed E-state index contributed by atoms with van der Waals surface area (Å²) in [6.45, 7) is 2.03. The summed E-state index contributed by atoms with van der Waals surface area (Å²) in [6.07, 6.45) is 2.41. The predicted octanol–water partition coefficient (Wildman–Crippen LogP) is 1.86. The van der Waals surface area contributed by atoms with Gasteiger partial charge in [0.1, 0.15) is 16.4 Å². The van der Waals surface area contributed by atoms with Gasteiger partial charge in [-0.2, -0.15) is 0 Å². The molecule has 0 radical (unpaired) electrons. The fourth-order valence-electron chi connectivity index (χ4n) is 1.54. The van der Waals surface area contributed by atoms with Gasteiger partial charge in [-0.05, 0) is 18.0 Å². The van der Waals surface area contributed by atoms with E-state index in [2.05, 4.69) is 24.8 Å². The Labute approximate surface area is 105 Å². The van der Waals surface area contributed by atoms with Gasteiger partial charge in [0.15, 0.2) is 11.5 Å². The quantitative estimate of drug-likeness (QED) is 0.662. The van der Waals surface area contributed by atoms with E-state index in [1.54, 1.807) is 16.8 Å². The Hall–Kier alpha value is -1.60. The second kappa shape index (κ2) is 4.01. The van der Waals surface area contributed by atoms with E-state index in [4.69, 9.17) is 11.6 Å². The van der Waals surface area contributed by atoms with E-state index in [9.17, 15) is 0 Å². The second-order valence-electron chi connectivity index (χ2n) is 3.37. The van der Waals surface area contributed by atoms with Crippen LogP contribution in [0.2, 0.25) is 5.15 Å². The Morgan fingerprint density at radius 3 is 3.06 bits per heavy atom. The van der Waals surface area contributed by atoms with Crippen molar-refractivity contribution in [2.45, 2.75) is 13.3 Å². The molecule has 0 fully saturated rings. The number of fused-ring (bicyclic) bond motifs is 1. The molecule has 0 saturated heterocycles. The van der Waals surface area contributed by atoms with Gasteiger partial charge in [0.2, 0.25) is 0 Å². The summed E-state index contributed by atoms with van der Waals surface area (Å²) >= 11 is 7.10. The first-order valence-electron chi connectivity index (χ1n) is 4.97. The topological polar surface area (TPSA) is 68.9 Å². The Morgan fingerprint density at radius 1 is 1.35 bits per heavy atom. The molecule has 8 heteroatoms. The van der Waals surface area contributed by atoms with Crippen LogP contribution in [0.4, 0.5) is 0 Å². The highest BCUT2D eigenvalue weighted by Gasteiger charge is 2.15. The Bertz CT molecular complexity index is 675. The van der Waals surface area contributed by atoms with Crippen molar-refractivity contribution in [1.82, 2.24) is 29.2 Å². The van der Waals surface area contributed by atoms with Gasteiger partial charge in [-0.3, -0.25) is 4.40 Å². The van der Waals surface area contributed by atoms with Crippen molar-refractivity contribution in [1.29, 1.82) is 0 Å². The van der Waals surface area contributed by atoms with Crippen molar-refractivity contribution in [3.63, 3.8) is 0 Å². The van der Waals surface area contributed by atoms with E-state index in [1.807, 2.05) is 6.92 Å². The molecule has 0 atom stereocenters. The summed E-state index contributed by atoms with van der Waals surface area (Å²) in [6, 6.07) is 1.66. The number of hydrogen-bond donors (Lipinski definition) is 0. The van der Waals surface area contributed by atoms with Crippen molar-refractivity contribution in [2.24, 2.45) is 0 Å². The van der Waals surface area contributed by atoms with Crippen LogP contribution in [0.5, 0.6) is 0 Å². The molecule has 3 rings (SSSR count). The summed E-state index contributed by atoms with van der Waals surface area (Å²) < 4.78 is 5.72. The molecule has 86 valence electrons. The lowest BCUT2D eigenvalue weighted by molar-refractivity contribution is 0.983. The first-order chi connectivity index (χ1) is 8.29. The summed E-state index contributed by atoms with van der Waals surface area (Å²) in [5.74, 6) is 0.705. The molecule has 3 heterocycles. The zero-order valence-electron chi connectivity index (χ0n) is 8.83. The molecule has 0 N–H and O–H groups in total. The zero-order valence-corrected chi connectivity index (χ0v) is 10.4. The number of hydrogen-bond acceptors (Lipinski definition) is 6. The van der Waals surface area contributed by atoms with Gasteiger partial charge in [0.25, 0.3) is 0 Å². The molecular formula is C9H7ClN6S. The van der Waals surface area contributed by atoms with Gasteiger partial charge in [0, 0.05) is 6.07 Å². The average Bonchev–Trinajstić information content (AvgIpc) is 2.92. The lowest BCUT2D eigenvalue weighted by atomic mass is 10.3. The van der Waals surface area contributed by atoms with Crippen LogP contribution in [0.3, 0.4) is 0 Å². The first-order valence-corrected chi connectivity index (χ1v) is 6.12. The van der Waals surface area contributed by atoms with Gasteiger partial charge in [0.05, 0.1) is 5.69 Å². The second-order valence-corrected chi connectivity index (χ2v) is 4.51. The molecule has 0 unspecified atom stereocenters. The highest BCUT2D eigenvalue weighted by atomic mass is 35.5. The van der Waals surface area contributed by atoms with Gasteiger partial charge < -0.3 is 0 Å². The SMILES string of the molecule is CCc1nnsc1-c1nnc2cc(Cl)ncn12. The maximum atomic E-state index is 5.80. The highest BCUT2D eigenvalue weighted by Crippen LogP contribution is 2.25. The van der Waals surface area contributed by atoms with Crippen LogP contribution in [0, 0.1) is 0 Å². The average molecular weight is 267 g/mol. The molecule has 0 bridgehead atoms. The number of nitrogens with zero attached hydrogens (tertiary/aromatic N) is 6. The molecule has 17 heavy (non-hydrogen) atoms. The summed E-state index contributed by atoms with van der Waals surface area (Å²) in [5.41, 5.74) is 1.58. The van der Waals surface area contributed by atoms with E-state index < -0.39 is 0 Å². The van der Waals surface area contributed by atoms with E-state index >= 15 is 0 Å². The van der Waals surface area contributed by atoms with Gasteiger partial charge in [-0.15, -0.1) is 15.3 Å². The third-order valence-electron chi connectivity index (χ3n) is 2.36. The van der Waals surface area contributed by atoms with Gasteiger partial charge in [-0.1, -0.05) is 23.0 Å². The minimum Gasteiger partial charge on any atom is -0.264 e. The van der Waals surface area contributed by atoms with Crippen molar-refractivity contribution in [3.8, 4) is 10.7 Å².